The van der Waals surface area contributed by atoms with Crippen LogP contribution in [0.2, 0.25) is 0 Å². The molecule has 0 spiro atoms. The van der Waals surface area contributed by atoms with E-state index in [0.29, 0.717) is 12.4 Å². The summed E-state index contributed by atoms with van der Waals surface area (Å²) in [6, 6.07) is 0. The largest absolute Gasteiger partial charge is 0.383 e. The number of methoxy groups -OCH3 is 1. The molecule has 1 aromatic heterocycles. The van der Waals surface area contributed by atoms with Crippen molar-refractivity contribution in [2.24, 2.45) is 0 Å². The van der Waals surface area contributed by atoms with Crippen molar-refractivity contribution < 1.29 is 13.2 Å². The molecule has 0 saturated carbocycles. The van der Waals surface area contributed by atoms with Crippen molar-refractivity contribution in [3.05, 3.63) is 18.2 Å². The van der Waals surface area contributed by atoms with E-state index in [-0.39, 0.29) is 13.1 Å². The molecule has 1 aromatic rings. The zero-order valence-corrected chi connectivity index (χ0v) is 10.1. The number of hydrogen-bond acceptors (Lipinski definition) is 4. The summed E-state index contributed by atoms with van der Waals surface area (Å²) in [6.45, 7) is 0.796. The fourth-order valence-corrected chi connectivity index (χ4v) is 1.92. The molecule has 0 amide bonds. The van der Waals surface area contributed by atoms with Gasteiger partial charge in [-0.25, -0.2) is 4.98 Å². The Morgan fingerprint density at radius 2 is 2.38 bits per heavy atom. The highest BCUT2D eigenvalue weighted by atomic mass is 32.2. The number of aromatic amines is 1. The summed E-state index contributed by atoms with van der Waals surface area (Å²) in [5, 5.41) is 0. The van der Waals surface area contributed by atoms with Crippen molar-refractivity contribution in [3.63, 3.8) is 0 Å². The summed E-state index contributed by atoms with van der Waals surface area (Å²) >= 11 is 0. The number of ether oxygens (including phenoxy) is 1. The lowest BCUT2D eigenvalue weighted by Gasteiger charge is -2.16. The van der Waals surface area contributed by atoms with E-state index in [1.165, 1.54) is 18.5 Å². The first-order valence-electron chi connectivity index (χ1n) is 4.74. The Bertz CT molecular complexity index is 389. The summed E-state index contributed by atoms with van der Waals surface area (Å²) in [6.07, 6.45) is 3.22. The van der Waals surface area contributed by atoms with Gasteiger partial charge < -0.3 is 9.72 Å². The van der Waals surface area contributed by atoms with Gasteiger partial charge in [0.25, 0.3) is 10.2 Å². The number of imidazole rings is 1. The molecule has 1 heterocycles. The molecular weight excluding hydrogens is 232 g/mol. The minimum atomic E-state index is -3.47. The van der Waals surface area contributed by atoms with Crippen LogP contribution >= 0.6 is 0 Å². The standard InChI is InChI=1S/C8H16N4O3S/c1-12(7-8-9-3-4-10-8)16(13,14)11-5-6-15-2/h3-4,11H,5-7H2,1-2H3,(H,9,10). The zero-order chi connectivity index (χ0) is 12.0. The highest BCUT2D eigenvalue weighted by Gasteiger charge is 2.17. The molecule has 92 valence electrons. The molecule has 0 fully saturated rings. The third kappa shape index (κ3) is 3.89. The van der Waals surface area contributed by atoms with Crippen molar-refractivity contribution in [1.82, 2.24) is 19.0 Å². The van der Waals surface area contributed by atoms with Crippen LogP contribution in [0.3, 0.4) is 0 Å². The van der Waals surface area contributed by atoms with Crippen LogP contribution in [0.15, 0.2) is 12.4 Å². The van der Waals surface area contributed by atoms with E-state index in [1.54, 1.807) is 12.4 Å². The summed E-state index contributed by atoms with van der Waals surface area (Å²) in [4.78, 5) is 6.79. The van der Waals surface area contributed by atoms with Crippen LogP contribution in [-0.4, -0.2) is 50.0 Å². The third-order valence-electron chi connectivity index (χ3n) is 1.93. The van der Waals surface area contributed by atoms with Gasteiger partial charge in [-0.3, -0.25) is 0 Å². The monoisotopic (exact) mass is 248 g/mol. The molecule has 0 aromatic carbocycles. The highest BCUT2D eigenvalue weighted by molar-refractivity contribution is 7.87. The lowest BCUT2D eigenvalue weighted by molar-refractivity contribution is 0.204. The van der Waals surface area contributed by atoms with Gasteiger partial charge in [0.05, 0.1) is 13.2 Å². The number of hydrogen-bond donors (Lipinski definition) is 2. The highest BCUT2D eigenvalue weighted by Crippen LogP contribution is 2.00. The number of H-pyrrole nitrogens is 1. The average Bonchev–Trinajstić information content (AvgIpc) is 2.70. The number of nitrogens with zero attached hydrogens (tertiary/aromatic N) is 2. The normalized spacial score (nSPS) is 12.2. The summed E-state index contributed by atoms with van der Waals surface area (Å²) in [5.41, 5.74) is 0. The van der Waals surface area contributed by atoms with Gasteiger partial charge in [0, 0.05) is 33.1 Å². The fraction of sp³-hybridized carbons (Fsp3) is 0.625. The molecule has 0 aliphatic carbocycles. The Labute approximate surface area is 95.0 Å². The second-order valence-electron chi connectivity index (χ2n) is 3.18. The maximum atomic E-state index is 11.6. The molecule has 0 saturated heterocycles. The van der Waals surface area contributed by atoms with E-state index in [4.69, 9.17) is 4.74 Å². The fourth-order valence-electron chi connectivity index (χ4n) is 1.06. The van der Waals surface area contributed by atoms with E-state index in [2.05, 4.69) is 14.7 Å². The first-order valence-corrected chi connectivity index (χ1v) is 6.18. The van der Waals surface area contributed by atoms with Crippen LogP contribution in [0.4, 0.5) is 0 Å². The Balaban J connectivity index is 2.48. The molecule has 0 bridgehead atoms. The van der Waals surface area contributed by atoms with Gasteiger partial charge in [0.1, 0.15) is 5.82 Å². The second-order valence-corrected chi connectivity index (χ2v) is 5.05. The first-order chi connectivity index (χ1) is 7.56. The molecule has 0 aliphatic rings. The smallest absolute Gasteiger partial charge is 0.279 e. The van der Waals surface area contributed by atoms with Crippen molar-refractivity contribution in [3.8, 4) is 0 Å². The number of rotatable bonds is 7. The SMILES string of the molecule is COCCNS(=O)(=O)N(C)Cc1ncc[nH]1. The second kappa shape index (κ2) is 5.94. The van der Waals surface area contributed by atoms with Crippen LogP contribution in [0, 0.1) is 0 Å². The topological polar surface area (TPSA) is 87.3 Å². The number of aromatic nitrogens is 2. The van der Waals surface area contributed by atoms with Crippen LogP contribution in [-0.2, 0) is 21.5 Å². The minimum absolute atomic E-state index is 0.204. The molecule has 1 rings (SSSR count). The number of nitrogens with one attached hydrogen (secondary N) is 2. The van der Waals surface area contributed by atoms with Gasteiger partial charge in [-0.1, -0.05) is 0 Å². The molecule has 16 heavy (non-hydrogen) atoms. The van der Waals surface area contributed by atoms with Crippen LogP contribution in [0.5, 0.6) is 0 Å². The molecule has 8 heteroatoms. The lowest BCUT2D eigenvalue weighted by Crippen LogP contribution is -2.39. The van der Waals surface area contributed by atoms with Crippen molar-refractivity contribution in [1.29, 1.82) is 0 Å². The van der Waals surface area contributed by atoms with E-state index >= 15 is 0 Å². The maximum Gasteiger partial charge on any atom is 0.279 e. The maximum absolute atomic E-state index is 11.6. The Morgan fingerprint density at radius 3 is 2.94 bits per heavy atom. The van der Waals surface area contributed by atoms with Gasteiger partial charge in [-0.05, 0) is 0 Å². The average molecular weight is 248 g/mol. The predicted molar refractivity (Wildman–Crippen MR) is 58.9 cm³/mol. The molecule has 0 unspecified atom stereocenters. The quantitative estimate of drug-likeness (QED) is 0.626. The molecular formula is C8H16N4O3S. The van der Waals surface area contributed by atoms with Gasteiger partial charge in [-0.2, -0.15) is 17.4 Å². The van der Waals surface area contributed by atoms with Crippen LogP contribution in [0.1, 0.15) is 5.82 Å². The molecule has 0 atom stereocenters. The summed E-state index contributed by atoms with van der Waals surface area (Å²) in [5.74, 6) is 0.597. The Hall–Kier alpha value is -0.960. The molecule has 7 nitrogen and oxygen atoms in total. The van der Waals surface area contributed by atoms with E-state index < -0.39 is 10.2 Å². The van der Waals surface area contributed by atoms with Gasteiger partial charge in [0.2, 0.25) is 0 Å². The van der Waals surface area contributed by atoms with Crippen LogP contribution in [0.25, 0.3) is 0 Å². The van der Waals surface area contributed by atoms with Crippen molar-refractivity contribution >= 4 is 10.2 Å². The van der Waals surface area contributed by atoms with E-state index in [1.807, 2.05) is 0 Å². The Kier molecular flexibility index (Phi) is 4.87. The molecule has 2 N–H and O–H groups in total. The predicted octanol–water partition coefficient (Wildman–Crippen LogP) is -0.678. The van der Waals surface area contributed by atoms with Crippen LogP contribution < -0.4 is 4.72 Å². The van der Waals surface area contributed by atoms with E-state index in [0.717, 1.165) is 0 Å². The molecule has 0 radical (unpaired) electrons. The van der Waals surface area contributed by atoms with E-state index in [9.17, 15) is 8.42 Å². The first kappa shape index (κ1) is 13.1. The lowest BCUT2D eigenvalue weighted by atomic mass is 10.6. The zero-order valence-electron chi connectivity index (χ0n) is 9.30. The van der Waals surface area contributed by atoms with Crippen molar-refractivity contribution in [2.75, 3.05) is 27.3 Å². The third-order valence-corrected chi connectivity index (χ3v) is 3.45. The van der Waals surface area contributed by atoms with Crippen molar-refractivity contribution in [2.45, 2.75) is 6.54 Å². The van der Waals surface area contributed by atoms with Gasteiger partial charge in [-0.15, -0.1) is 0 Å². The summed E-state index contributed by atoms with van der Waals surface area (Å²) in [7, 11) is -0.467. The van der Waals surface area contributed by atoms with Gasteiger partial charge in [0.15, 0.2) is 0 Å². The van der Waals surface area contributed by atoms with Gasteiger partial charge >= 0.3 is 0 Å². The minimum Gasteiger partial charge on any atom is -0.383 e. The molecule has 0 aliphatic heterocycles. The Morgan fingerprint density at radius 1 is 1.62 bits per heavy atom. The summed E-state index contributed by atoms with van der Waals surface area (Å²) < 4.78 is 31.6.